The molecule has 8 heteroatoms. The molecule has 8 nitrogen and oxygen atoms in total. The number of aromatic nitrogens is 2. The van der Waals surface area contributed by atoms with Crippen LogP contribution in [0.2, 0.25) is 0 Å². The Morgan fingerprint density at radius 3 is 2.39 bits per heavy atom. The number of hydrogen-bond donors (Lipinski definition) is 1. The molecule has 0 unspecified atom stereocenters. The Labute approximate surface area is 192 Å². The quantitative estimate of drug-likeness (QED) is 0.612. The van der Waals surface area contributed by atoms with Crippen LogP contribution in [0.25, 0.3) is 11.3 Å². The lowest BCUT2D eigenvalue weighted by Crippen LogP contribution is -2.48. The minimum absolute atomic E-state index is 0.0314. The predicted molar refractivity (Wildman–Crippen MR) is 125 cm³/mol. The van der Waals surface area contributed by atoms with Crippen LogP contribution in [0.4, 0.5) is 5.69 Å². The summed E-state index contributed by atoms with van der Waals surface area (Å²) in [5, 5.41) is 11.7. The molecule has 4 rings (SSSR count). The van der Waals surface area contributed by atoms with Gasteiger partial charge in [-0.2, -0.15) is 5.26 Å². The van der Waals surface area contributed by atoms with Crippen LogP contribution in [0.15, 0.2) is 60.8 Å². The zero-order valence-corrected chi connectivity index (χ0v) is 18.4. The summed E-state index contributed by atoms with van der Waals surface area (Å²) in [5.41, 5.74) is 3.40. The molecule has 1 aliphatic rings. The van der Waals surface area contributed by atoms with E-state index in [1.807, 2.05) is 47.4 Å². The van der Waals surface area contributed by atoms with Crippen molar-refractivity contribution < 1.29 is 9.59 Å². The molecule has 2 aromatic carbocycles. The molecule has 1 fully saturated rings. The fourth-order valence-electron chi connectivity index (χ4n) is 3.69. The maximum absolute atomic E-state index is 12.8. The molecule has 1 saturated heterocycles. The summed E-state index contributed by atoms with van der Waals surface area (Å²) in [6.07, 6.45) is 1.62. The summed E-state index contributed by atoms with van der Waals surface area (Å²) in [6.45, 7) is 4.74. The van der Waals surface area contributed by atoms with Crippen molar-refractivity contribution in [3.63, 3.8) is 0 Å². The van der Waals surface area contributed by atoms with E-state index in [0.29, 0.717) is 55.4 Å². The van der Waals surface area contributed by atoms with E-state index < -0.39 is 0 Å². The third-order valence-corrected chi connectivity index (χ3v) is 5.58. The van der Waals surface area contributed by atoms with E-state index in [-0.39, 0.29) is 17.5 Å². The standard InChI is InChI=1S/C25H24N6O2/c1-18-23(24(32)28-21-5-3-2-4-6-21)29-22(17-27-18)19-7-9-20(10-8-19)25(33)31-15-13-30(12-11-26)14-16-31/h2-10,17H,12-16H2,1H3,(H,28,32). The van der Waals surface area contributed by atoms with E-state index in [1.165, 1.54) is 0 Å². The number of benzene rings is 2. The van der Waals surface area contributed by atoms with Gasteiger partial charge >= 0.3 is 0 Å². The summed E-state index contributed by atoms with van der Waals surface area (Å²) in [5.74, 6) is -0.355. The molecule has 1 aromatic heterocycles. The molecular weight excluding hydrogens is 416 g/mol. The van der Waals surface area contributed by atoms with Gasteiger partial charge in [0.05, 0.1) is 30.2 Å². The normalized spacial score (nSPS) is 13.9. The highest BCUT2D eigenvalue weighted by Gasteiger charge is 2.22. The lowest BCUT2D eigenvalue weighted by molar-refractivity contribution is 0.0651. The summed E-state index contributed by atoms with van der Waals surface area (Å²) < 4.78 is 0. The molecule has 1 N–H and O–H groups in total. The van der Waals surface area contributed by atoms with Gasteiger partial charge < -0.3 is 10.2 Å². The topological polar surface area (TPSA) is 102 Å². The number of nitrogens with zero attached hydrogens (tertiary/aromatic N) is 5. The van der Waals surface area contributed by atoms with E-state index in [2.05, 4.69) is 21.4 Å². The molecular formula is C25H24N6O2. The van der Waals surface area contributed by atoms with Gasteiger partial charge in [0.25, 0.3) is 11.8 Å². The number of para-hydroxylation sites is 1. The number of carbonyl (C=O) groups is 2. The van der Waals surface area contributed by atoms with Gasteiger partial charge in [0.1, 0.15) is 5.69 Å². The number of nitrogens with one attached hydrogen (secondary N) is 1. The Kier molecular flexibility index (Phi) is 6.72. The predicted octanol–water partition coefficient (Wildman–Crippen LogP) is 2.99. The van der Waals surface area contributed by atoms with Crippen LogP contribution in [0.3, 0.4) is 0 Å². The first-order valence-electron chi connectivity index (χ1n) is 10.7. The van der Waals surface area contributed by atoms with Gasteiger partial charge in [-0.1, -0.05) is 30.3 Å². The van der Waals surface area contributed by atoms with Crippen molar-refractivity contribution in [3.8, 4) is 17.3 Å². The van der Waals surface area contributed by atoms with Crippen LogP contribution >= 0.6 is 0 Å². The van der Waals surface area contributed by atoms with Crippen LogP contribution in [0.5, 0.6) is 0 Å². The summed E-state index contributed by atoms with van der Waals surface area (Å²) in [7, 11) is 0. The van der Waals surface area contributed by atoms with Crippen molar-refractivity contribution in [1.29, 1.82) is 5.26 Å². The van der Waals surface area contributed by atoms with Crippen LogP contribution in [0.1, 0.15) is 26.5 Å². The highest BCUT2D eigenvalue weighted by Crippen LogP contribution is 2.20. The van der Waals surface area contributed by atoms with E-state index >= 15 is 0 Å². The summed E-state index contributed by atoms with van der Waals surface area (Å²) in [4.78, 5) is 38.3. The van der Waals surface area contributed by atoms with Gasteiger partial charge in [0.2, 0.25) is 0 Å². The average molecular weight is 441 g/mol. The van der Waals surface area contributed by atoms with Gasteiger partial charge in [-0.3, -0.25) is 19.5 Å². The Hall–Kier alpha value is -4.09. The van der Waals surface area contributed by atoms with Crippen molar-refractivity contribution in [1.82, 2.24) is 19.8 Å². The fraction of sp³-hybridized carbons (Fsp3) is 0.240. The zero-order chi connectivity index (χ0) is 23.2. The second kappa shape index (κ2) is 10.0. The molecule has 0 atom stereocenters. The van der Waals surface area contributed by atoms with Crippen molar-refractivity contribution >= 4 is 17.5 Å². The second-order valence-electron chi connectivity index (χ2n) is 7.81. The first-order valence-corrected chi connectivity index (χ1v) is 10.7. The SMILES string of the molecule is Cc1ncc(-c2ccc(C(=O)N3CCN(CC#N)CC3)cc2)nc1C(=O)Nc1ccccc1. The molecule has 0 aliphatic carbocycles. The molecule has 0 spiro atoms. The van der Waals surface area contributed by atoms with E-state index in [0.717, 1.165) is 5.56 Å². The second-order valence-corrected chi connectivity index (χ2v) is 7.81. The Bertz CT molecular complexity index is 1180. The molecule has 0 bridgehead atoms. The first kappa shape index (κ1) is 22.1. The summed E-state index contributed by atoms with van der Waals surface area (Å²) >= 11 is 0. The average Bonchev–Trinajstić information content (AvgIpc) is 2.85. The van der Waals surface area contributed by atoms with Gasteiger partial charge in [-0.15, -0.1) is 0 Å². The van der Waals surface area contributed by atoms with Crippen LogP contribution in [-0.2, 0) is 0 Å². The van der Waals surface area contributed by atoms with Gasteiger partial charge in [-0.05, 0) is 31.2 Å². The molecule has 3 aromatic rings. The van der Waals surface area contributed by atoms with E-state index in [1.54, 1.807) is 30.2 Å². The van der Waals surface area contributed by atoms with Crippen molar-refractivity contribution in [2.75, 3.05) is 38.0 Å². The number of aryl methyl sites for hydroxylation is 1. The highest BCUT2D eigenvalue weighted by atomic mass is 16.2. The van der Waals surface area contributed by atoms with Crippen LogP contribution < -0.4 is 5.32 Å². The van der Waals surface area contributed by atoms with Gasteiger partial charge in [0.15, 0.2) is 0 Å². The Balaban J connectivity index is 1.47. The third-order valence-electron chi connectivity index (χ3n) is 5.58. The number of piperazine rings is 1. The van der Waals surface area contributed by atoms with Gasteiger partial charge in [-0.25, -0.2) is 4.98 Å². The minimum Gasteiger partial charge on any atom is -0.336 e. The molecule has 33 heavy (non-hydrogen) atoms. The van der Waals surface area contributed by atoms with Crippen molar-refractivity contribution in [2.24, 2.45) is 0 Å². The molecule has 166 valence electrons. The first-order chi connectivity index (χ1) is 16.0. The lowest BCUT2D eigenvalue weighted by Gasteiger charge is -2.33. The molecule has 2 heterocycles. The zero-order valence-electron chi connectivity index (χ0n) is 18.4. The number of hydrogen-bond acceptors (Lipinski definition) is 6. The van der Waals surface area contributed by atoms with E-state index in [9.17, 15) is 9.59 Å². The third kappa shape index (κ3) is 5.22. The van der Waals surface area contributed by atoms with Gasteiger partial charge in [0, 0.05) is 43.0 Å². The number of nitriles is 1. The number of carbonyl (C=O) groups excluding carboxylic acids is 2. The monoisotopic (exact) mass is 440 g/mol. The molecule has 1 aliphatic heterocycles. The maximum Gasteiger partial charge on any atom is 0.276 e. The van der Waals surface area contributed by atoms with Crippen molar-refractivity contribution in [2.45, 2.75) is 6.92 Å². The largest absolute Gasteiger partial charge is 0.336 e. The number of amides is 2. The van der Waals surface area contributed by atoms with Crippen LogP contribution in [-0.4, -0.2) is 64.3 Å². The fourth-order valence-corrected chi connectivity index (χ4v) is 3.69. The van der Waals surface area contributed by atoms with Crippen molar-refractivity contribution in [3.05, 3.63) is 77.7 Å². The smallest absolute Gasteiger partial charge is 0.276 e. The minimum atomic E-state index is -0.324. The Morgan fingerprint density at radius 2 is 1.73 bits per heavy atom. The molecule has 0 radical (unpaired) electrons. The van der Waals surface area contributed by atoms with E-state index in [4.69, 9.17) is 5.26 Å². The molecule has 0 saturated carbocycles. The highest BCUT2D eigenvalue weighted by molar-refractivity contribution is 6.03. The number of rotatable bonds is 5. The Morgan fingerprint density at radius 1 is 1.03 bits per heavy atom. The maximum atomic E-state index is 12.8. The molecule has 2 amide bonds. The van der Waals surface area contributed by atoms with Crippen LogP contribution in [0, 0.1) is 18.3 Å². The summed E-state index contributed by atoms with van der Waals surface area (Å²) in [6, 6.07) is 18.5. The lowest BCUT2D eigenvalue weighted by atomic mass is 10.1. The number of anilines is 1.